The van der Waals surface area contributed by atoms with Crippen LogP contribution in [-0.2, 0) is 20.7 Å². The molecule has 11 heteroatoms. The van der Waals surface area contributed by atoms with Gasteiger partial charge in [-0.2, -0.15) is 5.26 Å². The summed E-state index contributed by atoms with van der Waals surface area (Å²) in [5, 5.41) is 18.1. The minimum absolute atomic E-state index is 0.0822. The van der Waals surface area contributed by atoms with Crippen LogP contribution in [0.1, 0.15) is 39.6 Å². The third kappa shape index (κ3) is 4.22. The molecule has 0 bridgehead atoms. The van der Waals surface area contributed by atoms with Crippen LogP contribution in [0.4, 0.5) is 0 Å². The Bertz CT molecular complexity index is 1460. The van der Waals surface area contributed by atoms with Gasteiger partial charge in [0, 0.05) is 29.4 Å². The highest BCUT2D eigenvalue weighted by Crippen LogP contribution is 2.51. The molecule has 1 fully saturated rings. The summed E-state index contributed by atoms with van der Waals surface area (Å²) < 4.78 is 12.3. The van der Waals surface area contributed by atoms with Gasteiger partial charge in [-0.1, -0.05) is 40.5 Å². The normalized spacial score (nSPS) is 20.7. The van der Waals surface area contributed by atoms with Gasteiger partial charge in [-0.05, 0) is 41.5 Å². The number of amides is 1. The molecule has 2 aliphatic rings. The first kappa shape index (κ1) is 24.8. The highest BCUT2D eigenvalue weighted by Gasteiger charge is 2.59. The fourth-order valence-electron chi connectivity index (χ4n) is 5.27. The number of methoxy groups -OCH3 is 2. The number of ether oxygens (including phenoxy) is 2. The van der Waals surface area contributed by atoms with Gasteiger partial charge in [0.15, 0.2) is 5.69 Å². The molecule has 0 saturated carbocycles. The van der Waals surface area contributed by atoms with Gasteiger partial charge in [-0.15, -0.1) is 5.10 Å². The van der Waals surface area contributed by atoms with Crippen molar-refractivity contribution in [1.82, 2.24) is 19.9 Å². The number of esters is 1. The lowest BCUT2D eigenvalue weighted by molar-refractivity contribution is -0.126. The Hall–Kier alpha value is -3.87. The second-order valence-electron chi connectivity index (χ2n) is 8.93. The van der Waals surface area contributed by atoms with Crippen molar-refractivity contribution in [1.29, 1.82) is 5.26 Å². The largest absolute Gasteiger partial charge is 0.498 e. The lowest BCUT2D eigenvalue weighted by Crippen LogP contribution is -2.45. The number of hydrogen-bond acceptors (Lipinski definition) is 7. The Kier molecular flexibility index (Phi) is 6.40. The molecule has 3 heterocycles. The molecule has 37 heavy (non-hydrogen) atoms. The zero-order valence-corrected chi connectivity index (χ0v) is 21.5. The van der Waals surface area contributed by atoms with E-state index in [1.165, 1.54) is 20.4 Å². The molecule has 2 unspecified atom stereocenters. The fraction of sp³-hybridized carbons (Fsp3) is 0.269. The van der Waals surface area contributed by atoms with Gasteiger partial charge in [0.1, 0.15) is 11.3 Å². The lowest BCUT2D eigenvalue weighted by Gasteiger charge is -2.34. The molecule has 2 aromatic carbocycles. The minimum Gasteiger partial charge on any atom is -0.498 e. The van der Waals surface area contributed by atoms with E-state index in [2.05, 4.69) is 16.4 Å². The van der Waals surface area contributed by atoms with Crippen LogP contribution in [-0.4, -0.2) is 58.1 Å². The second kappa shape index (κ2) is 9.54. The summed E-state index contributed by atoms with van der Waals surface area (Å²) in [6.07, 6.45) is 2.40. The molecule has 1 amide bonds. The van der Waals surface area contributed by atoms with E-state index >= 15 is 0 Å². The molecule has 1 saturated heterocycles. The number of rotatable bonds is 6. The molecule has 5 rings (SSSR count). The van der Waals surface area contributed by atoms with Crippen LogP contribution in [0.25, 0.3) is 5.57 Å². The molecule has 9 nitrogen and oxygen atoms in total. The third-order valence-corrected chi connectivity index (χ3v) is 7.24. The number of carbonyl (C=O) groups excluding carboxylic acids is 2. The van der Waals surface area contributed by atoms with Crippen LogP contribution >= 0.6 is 23.2 Å². The monoisotopic (exact) mass is 537 g/mol. The average molecular weight is 538 g/mol. The summed E-state index contributed by atoms with van der Waals surface area (Å²) >= 11 is 12.5. The molecule has 0 N–H and O–H groups in total. The van der Waals surface area contributed by atoms with E-state index in [1.54, 1.807) is 39.9 Å². The van der Waals surface area contributed by atoms with Crippen LogP contribution in [0.3, 0.4) is 0 Å². The van der Waals surface area contributed by atoms with Crippen molar-refractivity contribution in [2.24, 2.45) is 0 Å². The number of hydrogen-bond donors (Lipinski definition) is 0. The van der Waals surface area contributed by atoms with Crippen LogP contribution < -0.4 is 0 Å². The Morgan fingerprint density at radius 2 is 1.89 bits per heavy atom. The topological polar surface area (TPSA) is 110 Å². The van der Waals surface area contributed by atoms with E-state index in [9.17, 15) is 14.9 Å². The second-order valence-corrected chi connectivity index (χ2v) is 9.81. The van der Waals surface area contributed by atoms with Crippen molar-refractivity contribution in [3.63, 3.8) is 0 Å². The van der Waals surface area contributed by atoms with Crippen molar-refractivity contribution < 1.29 is 19.1 Å². The maximum absolute atomic E-state index is 14.0. The van der Waals surface area contributed by atoms with Gasteiger partial charge >= 0.3 is 5.97 Å². The Balaban J connectivity index is 1.62. The molecule has 0 aliphatic carbocycles. The molecular weight excluding hydrogens is 517 g/mol. The predicted octanol–water partition coefficient (Wildman–Crippen LogP) is 4.07. The summed E-state index contributed by atoms with van der Waals surface area (Å²) in [5.74, 6) is -0.318. The van der Waals surface area contributed by atoms with Crippen molar-refractivity contribution in [3.05, 3.63) is 86.9 Å². The highest BCUT2D eigenvalue weighted by atomic mass is 35.5. The molecule has 2 atom stereocenters. The number of nitriles is 1. The standard InChI is InChI=1S/C26H21Cl2N5O4/c1-36-23-22(17-7-18(27)9-19(28)8-17)24(34)32-13-20(33-14-21(30-31-33)25(35)37-2)11-26(23,32)10-15-3-5-16(12-29)6-4-15/h3-9,14,20H,10-11,13H2,1-2H3. The molecule has 3 aromatic rings. The van der Waals surface area contributed by atoms with Gasteiger partial charge in [0.25, 0.3) is 5.91 Å². The van der Waals surface area contributed by atoms with Crippen LogP contribution in [0, 0.1) is 11.3 Å². The first-order valence-corrected chi connectivity index (χ1v) is 12.1. The Labute approximate surface area is 222 Å². The number of carbonyl (C=O) groups is 2. The molecule has 0 spiro atoms. The van der Waals surface area contributed by atoms with Gasteiger partial charge in [-0.3, -0.25) is 4.79 Å². The number of aromatic nitrogens is 3. The quantitative estimate of drug-likeness (QED) is 0.435. The van der Waals surface area contributed by atoms with Gasteiger partial charge in [-0.25, -0.2) is 9.48 Å². The predicted molar refractivity (Wildman–Crippen MR) is 135 cm³/mol. The van der Waals surface area contributed by atoms with Crippen LogP contribution in [0.15, 0.2) is 54.4 Å². The number of benzene rings is 2. The fourth-order valence-corrected chi connectivity index (χ4v) is 5.79. The summed E-state index contributed by atoms with van der Waals surface area (Å²) in [4.78, 5) is 27.7. The van der Waals surface area contributed by atoms with E-state index in [1.807, 2.05) is 12.1 Å². The maximum atomic E-state index is 14.0. The first-order valence-electron chi connectivity index (χ1n) is 11.4. The van der Waals surface area contributed by atoms with E-state index in [0.717, 1.165) is 5.56 Å². The van der Waals surface area contributed by atoms with Gasteiger partial charge < -0.3 is 14.4 Å². The molecule has 188 valence electrons. The van der Waals surface area contributed by atoms with Crippen LogP contribution in [0.2, 0.25) is 10.0 Å². The Morgan fingerprint density at radius 3 is 2.51 bits per heavy atom. The van der Waals surface area contributed by atoms with E-state index in [0.29, 0.717) is 51.9 Å². The summed E-state index contributed by atoms with van der Waals surface area (Å²) in [6, 6.07) is 14.1. The summed E-state index contributed by atoms with van der Waals surface area (Å²) in [5.41, 5.74) is 1.65. The summed E-state index contributed by atoms with van der Waals surface area (Å²) in [6.45, 7) is 0.309. The number of halogens is 2. The molecule has 0 radical (unpaired) electrons. The smallest absolute Gasteiger partial charge is 0.360 e. The van der Waals surface area contributed by atoms with E-state index in [-0.39, 0.29) is 17.6 Å². The molecular formula is C26H21Cl2N5O4. The number of nitrogens with zero attached hydrogens (tertiary/aromatic N) is 5. The molecule has 2 aliphatic heterocycles. The number of fused-ring (bicyclic) bond motifs is 1. The first-order chi connectivity index (χ1) is 17.8. The van der Waals surface area contributed by atoms with Crippen molar-refractivity contribution >= 4 is 40.7 Å². The third-order valence-electron chi connectivity index (χ3n) is 6.81. The lowest BCUT2D eigenvalue weighted by atomic mass is 9.85. The minimum atomic E-state index is -0.855. The summed E-state index contributed by atoms with van der Waals surface area (Å²) in [7, 11) is 2.81. The van der Waals surface area contributed by atoms with Gasteiger partial charge in [0.2, 0.25) is 0 Å². The van der Waals surface area contributed by atoms with Crippen molar-refractivity contribution in [2.75, 3.05) is 20.8 Å². The maximum Gasteiger partial charge on any atom is 0.360 e. The zero-order chi connectivity index (χ0) is 26.3. The Morgan fingerprint density at radius 1 is 1.19 bits per heavy atom. The molecule has 1 aromatic heterocycles. The highest BCUT2D eigenvalue weighted by molar-refractivity contribution is 6.35. The van der Waals surface area contributed by atoms with Crippen LogP contribution in [0.5, 0.6) is 0 Å². The van der Waals surface area contributed by atoms with Crippen molar-refractivity contribution in [2.45, 2.75) is 24.4 Å². The van der Waals surface area contributed by atoms with Gasteiger partial charge in [0.05, 0.1) is 43.7 Å². The van der Waals surface area contributed by atoms with E-state index < -0.39 is 11.5 Å². The SMILES string of the molecule is COC(=O)c1cn(C2CN3C(=O)C(c4cc(Cl)cc(Cl)c4)=C(OC)C3(Cc3ccc(C#N)cc3)C2)nn1. The average Bonchev–Trinajstić information content (AvgIpc) is 3.56. The zero-order valence-electron chi connectivity index (χ0n) is 19.9. The van der Waals surface area contributed by atoms with E-state index in [4.69, 9.17) is 32.7 Å². The van der Waals surface area contributed by atoms with Crippen molar-refractivity contribution in [3.8, 4) is 6.07 Å².